The molecule has 5 heteroatoms. The van der Waals surface area contributed by atoms with Gasteiger partial charge in [0.05, 0.1) is 0 Å². The van der Waals surface area contributed by atoms with E-state index >= 15 is 0 Å². The van der Waals surface area contributed by atoms with Crippen LogP contribution in [-0.4, -0.2) is 29.9 Å². The molecule has 2 N–H and O–H groups in total. The number of halogens is 2. The highest BCUT2D eigenvalue weighted by Gasteiger charge is 2.31. The molecule has 0 spiro atoms. The Morgan fingerprint density at radius 1 is 1.33 bits per heavy atom. The Kier molecular flexibility index (Phi) is 4.93. The third-order valence-electron chi connectivity index (χ3n) is 4.35. The average Bonchev–Trinajstić information content (AvgIpc) is 2.83. The van der Waals surface area contributed by atoms with Crippen LogP contribution in [0.5, 0.6) is 0 Å². The van der Waals surface area contributed by atoms with Crippen molar-refractivity contribution in [3.63, 3.8) is 0 Å². The first-order valence-corrected chi connectivity index (χ1v) is 7.49. The minimum Gasteiger partial charge on any atom is -0.343 e. The molecule has 1 aromatic carbocycles. The molecule has 0 fully saturated rings. The summed E-state index contributed by atoms with van der Waals surface area (Å²) in [5.41, 5.74) is 7.73. The van der Waals surface area contributed by atoms with Crippen LogP contribution < -0.4 is 5.73 Å². The molecule has 1 aromatic rings. The zero-order chi connectivity index (χ0) is 15.6. The number of nitrogens with zero attached hydrogens (tertiary/aromatic N) is 1. The van der Waals surface area contributed by atoms with E-state index in [1.54, 1.807) is 4.90 Å². The van der Waals surface area contributed by atoms with E-state index in [4.69, 9.17) is 5.73 Å². The minimum absolute atomic E-state index is 0.0172. The molecule has 0 aliphatic heterocycles. The molecule has 0 saturated carbocycles. The van der Waals surface area contributed by atoms with Crippen LogP contribution in [-0.2, 0) is 11.2 Å². The summed E-state index contributed by atoms with van der Waals surface area (Å²) in [6.07, 6.45) is 1.67. The number of hydrogen-bond acceptors (Lipinski definition) is 2. The molecule has 0 saturated heterocycles. The second-order valence-corrected chi connectivity index (χ2v) is 5.54. The zero-order valence-electron chi connectivity index (χ0n) is 12.5. The maximum absolute atomic E-state index is 13.4. The van der Waals surface area contributed by atoms with Gasteiger partial charge in [0.1, 0.15) is 0 Å². The molecule has 2 unspecified atom stereocenters. The summed E-state index contributed by atoms with van der Waals surface area (Å²) >= 11 is 0. The second-order valence-electron chi connectivity index (χ2n) is 5.54. The molecule has 1 amide bonds. The lowest BCUT2D eigenvalue weighted by atomic mass is 9.91. The number of rotatable bonds is 5. The van der Waals surface area contributed by atoms with Crippen molar-refractivity contribution in [2.24, 2.45) is 5.73 Å². The normalized spacial score (nSPS) is 18.4. The van der Waals surface area contributed by atoms with E-state index in [0.717, 1.165) is 17.5 Å². The van der Waals surface area contributed by atoms with Gasteiger partial charge in [-0.15, -0.1) is 0 Å². The van der Waals surface area contributed by atoms with Gasteiger partial charge in [-0.25, -0.2) is 8.78 Å². The number of aryl methyl sites for hydroxylation is 1. The van der Waals surface area contributed by atoms with E-state index in [9.17, 15) is 13.6 Å². The highest BCUT2D eigenvalue weighted by molar-refractivity contribution is 5.77. The Labute approximate surface area is 124 Å². The van der Waals surface area contributed by atoms with Crippen LogP contribution in [0.1, 0.15) is 43.7 Å². The third kappa shape index (κ3) is 3.23. The fraction of sp³-hybridized carbons (Fsp3) is 0.562. The van der Waals surface area contributed by atoms with Gasteiger partial charge in [0.2, 0.25) is 5.91 Å². The molecular weight excluding hydrogens is 274 g/mol. The molecule has 0 bridgehead atoms. The fourth-order valence-electron chi connectivity index (χ4n) is 3.13. The van der Waals surface area contributed by atoms with Gasteiger partial charge in [-0.1, -0.05) is 0 Å². The van der Waals surface area contributed by atoms with Crippen LogP contribution in [0.2, 0.25) is 0 Å². The maximum atomic E-state index is 13.4. The predicted octanol–water partition coefficient (Wildman–Crippen LogP) is 2.58. The number of benzene rings is 1. The first-order valence-electron chi connectivity index (χ1n) is 7.49. The molecule has 3 nitrogen and oxygen atoms in total. The van der Waals surface area contributed by atoms with Crippen molar-refractivity contribution < 1.29 is 13.6 Å². The average molecular weight is 296 g/mol. The van der Waals surface area contributed by atoms with Crippen molar-refractivity contribution in [2.45, 2.75) is 45.1 Å². The van der Waals surface area contributed by atoms with Crippen molar-refractivity contribution in [2.75, 3.05) is 13.1 Å². The maximum Gasteiger partial charge on any atom is 0.224 e. The zero-order valence-corrected chi connectivity index (χ0v) is 12.5. The summed E-state index contributed by atoms with van der Waals surface area (Å²) in [4.78, 5) is 13.9. The van der Waals surface area contributed by atoms with Crippen LogP contribution in [0.25, 0.3) is 0 Å². The highest BCUT2D eigenvalue weighted by atomic mass is 19.2. The second kappa shape index (κ2) is 6.52. The Morgan fingerprint density at radius 2 is 1.95 bits per heavy atom. The van der Waals surface area contributed by atoms with Crippen LogP contribution >= 0.6 is 0 Å². The molecule has 0 radical (unpaired) electrons. The first kappa shape index (κ1) is 15.9. The monoisotopic (exact) mass is 296 g/mol. The number of carbonyl (C=O) groups is 1. The Balaban J connectivity index is 2.11. The summed E-state index contributed by atoms with van der Waals surface area (Å²) in [5, 5.41) is 0. The molecule has 0 aromatic heterocycles. The van der Waals surface area contributed by atoms with Gasteiger partial charge in [0.15, 0.2) is 11.6 Å². The summed E-state index contributed by atoms with van der Waals surface area (Å²) in [6.45, 7) is 5.16. The van der Waals surface area contributed by atoms with Crippen molar-refractivity contribution in [1.82, 2.24) is 4.90 Å². The summed E-state index contributed by atoms with van der Waals surface area (Å²) < 4.78 is 26.7. The molecule has 116 valence electrons. The van der Waals surface area contributed by atoms with Gasteiger partial charge in [0, 0.05) is 31.5 Å². The topological polar surface area (TPSA) is 46.3 Å². The molecule has 2 rings (SSSR count). The first-order chi connectivity index (χ1) is 9.97. The molecule has 1 aliphatic carbocycles. The molecular formula is C16H22F2N2O. The van der Waals surface area contributed by atoms with Gasteiger partial charge in [-0.3, -0.25) is 4.79 Å². The van der Waals surface area contributed by atoms with Crippen molar-refractivity contribution in [1.29, 1.82) is 0 Å². The third-order valence-corrected chi connectivity index (χ3v) is 4.35. The van der Waals surface area contributed by atoms with Gasteiger partial charge < -0.3 is 10.6 Å². The van der Waals surface area contributed by atoms with Crippen molar-refractivity contribution >= 4 is 5.91 Å². The van der Waals surface area contributed by atoms with Crippen LogP contribution in [0.4, 0.5) is 8.78 Å². The van der Waals surface area contributed by atoms with E-state index in [1.165, 1.54) is 12.1 Å². The summed E-state index contributed by atoms with van der Waals surface area (Å²) in [7, 11) is 0. The van der Waals surface area contributed by atoms with E-state index in [0.29, 0.717) is 19.5 Å². The largest absolute Gasteiger partial charge is 0.343 e. The quantitative estimate of drug-likeness (QED) is 0.908. The van der Waals surface area contributed by atoms with E-state index in [-0.39, 0.29) is 24.3 Å². The molecule has 0 heterocycles. The van der Waals surface area contributed by atoms with E-state index < -0.39 is 11.6 Å². The van der Waals surface area contributed by atoms with Crippen LogP contribution in [0.15, 0.2) is 12.1 Å². The van der Waals surface area contributed by atoms with Crippen molar-refractivity contribution in [3.8, 4) is 0 Å². The van der Waals surface area contributed by atoms with Crippen LogP contribution in [0, 0.1) is 11.6 Å². The number of hydrogen-bond donors (Lipinski definition) is 1. The van der Waals surface area contributed by atoms with Gasteiger partial charge in [-0.05, 0) is 49.9 Å². The fourth-order valence-corrected chi connectivity index (χ4v) is 3.13. The number of amides is 1. The predicted molar refractivity (Wildman–Crippen MR) is 77.9 cm³/mol. The standard InChI is InChI=1S/C16H22F2N2O/c1-3-20(4-2)16(21)9-15(19)11-6-5-10-7-13(17)14(18)8-12(10)11/h7-8,11,15H,3-6,9,19H2,1-2H3. The summed E-state index contributed by atoms with van der Waals surface area (Å²) in [5.74, 6) is -1.72. The smallest absolute Gasteiger partial charge is 0.224 e. The Bertz CT molecular complexity index is 529. The minimum atomic E-state index is -0.845. The Morgan fingerprint density at radius 3 is 2.57 bits per heavy atom. The molecule has 2 atom stereocenters. The Hall–Kier alpha value is -1.49. The lowest BCUT2D eigenvalue weighted by molar-refractivity contribution is -0.131. The van der Waals surface area contributed by atoms with E-state index in [1.807, 2.05) is 13.8 Å². The number of carbonyl (C=O) groups excluding carboxylic acids is 1. The van der Waals surface area contributed by atoms with Crippen LogP contribution in [0.3, 0.4) is 0 Å². The molecule has 1 aliphatic rings. The van der Waals surface area contributed by atoms with Gasteiger partial charge in [-0.2, -0.15) is 0 Å². The summed E-state index contributed by atoms with van der Waals surface area (Å²) in [6, 6.07) is 2.14. The molecule has 21 heavy (non-hydrogen) atoms. The van der Waals surface area contributed by atoms with E-state index in [2.05, 4.69) is 0 Å². The van der Waals surface area contributed by atoms with Gasteiger partial charge in [0.25, 0.3) is 0 Å². The number of nitrogens with two attached hydrogens (primary N) is 1. The lowest BCUT2D eigenvalue weighted by Gasteiger charge is -2.24. The van der Waals surface area contributed by atoms with Gasteiger partial charge >= 0.3 is 0 Å². The lowest BCUT2D eigenvalue weighted by Crippen LogP contribution is -2.38. The van der Waals surface area contributed by atoms with Crippen molar-refractivity contribution in [3.05, 3.63) is 34.9 Å². The number of fused-ring (bicyclic) bond motifs is 1. The highest BCUT2D eigenvalue weighted by Crippen LogP contribution is 2.37. The SMILES string of the molecule is CCN(CC)C(=O)CC(N)C1CCc2cc(F)c(F)cc21.